The average Bonchev–Trinajstić information content (AvgIpc) is 2.71. The fourth-order valence-electron chi connectivity index (χ4n) is 2.73. The highest BCUT2D eigenvalue weighted by Crippen LogP contribution is 2.20. The molecule has 0 unspecified atom stereocenters. The smallest absolute Gasteiger partial charge is 0.281 e. The first-order chi connectivity index (χ1) is 15.0. The van der Waals surface area contributed by atoms with Gasteiger partial charge in [0.15, 0.2) is 0 Å². The largest absolute Gasteiger partial charge is 0.491 e. The number of nitrogens with zero attached hydrogens (tertiary/aromatic N) is 3. The van der Waals surface area contributed by atoms with Crippen LogP contribution in [-0.2, 0) is 16.7 Å². The molecule has 0 radical (unpaired) electrons. The van der Waals surface area contributed by atoms with Crippen molar-refractivity contribution in [2.75, 3.05) is 6.26 Å². The standard InChI is InChI=1S/C19H11ClN4O3.CH4O3S/c20-12-5-6-13-14(9-12)22-16-15(17(13)25)19(27)24(23-18(16)26)8-2-4-11-3-1-7-21-10-11;1-5(2,3)4/h1,3,5-7,9-10H,8H2,(H,22,25)(H,23,26);1H3,(H,2,3,4). The zero-order valence-electron chi connectivity index (χ0n) is 16.4. The Kier molecular flexibility index (Phi) is 6.59. The monoisotopic (exact) mass is 474 g/mol. The van der Waals surface area contributed by atoms with E-state index in [1.807, 2.05) is 0 Å². The number of hydrogen-bond donors (Lipinski definition) is 3. The van der Waals surface area contributed by atoms with Crippen molar-refractivity contribution in [3.63, 3.8) is 0 Å². The summed E-state index contributed by atoms with van der Waals surface area (Å²) in [4.78, 5) is 32.3. The van der Waals surface area contributed by atoms with Gasteiger partial charge in [-0.1, -0.05) is 23.4 Å². The van der Waals surface area contributed by atoms with Crippen LogP contribution in [-0.4, -0.2) is 44.1 Å². The highest BCUT2D eigenvalue weighted by atomic mass is 35.5. The minimum Gasteiger partial charge on any atom is -0.491 e. The van der Waals surface area contributed by atoms with Crippen LogP contribution in [0.25, 0.3) is 21.8 Å². The number of aromatic nitrogens is 4. The van der Waals surface area contributed by atoms with E-state index in [4.69, 9.17) is 16.2 Å². The molecule has 4 rings (SSSR count). The molecule has 0 saturated carbocycles. The van der Waals surface area contributed by atoms with Crippen molar-refractivity contribution in [3.05, 3.63) is 73.9 Å². The van der Waals surface area contributed by atoms with Gasteiger partial charge in [0, 0.05) is 28.4 Å². The molecule has 3 N–H and O–H groups in total. The lowest BCUT2D eigenvalue weighted by Gasteiger charge is -2.07. The average molecular weight is 475 g/mol. The third-order valence-electron chi connectivity index (χ3n) is 3.97. The SMILES string of the molecule is CS(=O)(=O)O.O=c1c2ccc(Cl)cc2[nH]c2c(O)nn(CC#Cc3cccnc3)c(=O)c12. The molecule has 0 amide bonds. The molecule has 32 heavy (non-hydrogen) atoms. The van der Waals surface area contributed by atoms with E-state index < -0.39 is 27.0 Å². The predicted octanol–water partition coefficient (Wildman–Crippen LogP) is 1.55. The second kappa shape index (κ2) is 9.19. The minimum absolute atomic E-state index is 0.0313. The van der Waals surface area contributed by atoms with E-state index in [1.165, 1.54) is 6.07 Å². The maximum absolute atomic E-state index is 12.8. The van der Waals surface area contributed by atoms with Crippen LogP contribution >= 0.6 is 11.6 Å². The van der Waals surface area contributed by atoms with Gasteiger partial charge < -0.3 is 10.1 Å². The van der Waals surface area contributed by atoms with Crippen molar-refractivity contribution in [1.82, 2.24) is 19.7 Å². The van der Waals surface area contributed by atoms with Crippen LogP contribution in [0.1, 0.15) is 5.56 Å². The summed E-state index contributed by atoms with van der Waals surface area (Å²) in [6.07, 6.45) is 3.93. The number of pyridine rings is 2. The molecule has 0 aliphatic rings. The molecule has 0 aliphatic carbocycles. The molecule has 3 aromatic heterocycles. The molecule has 164 valence electrons. The van der Waals surface area contributed by atoms with Gasteiger partial charge >= 0.3 is 0 Å². The second-order valence-electron chi connectivity index (χ2n) is 6.46. The van der Waals surface area contributed by atoms with Crippen LogP contribution < -0.4 is 11.0 Å². The van der Waals surface area contributed by atoms with E-state index in [0.29, 0.717) is 27.7 Å². The first-order valence-corrected chi connectivity index (χ1v) is 11.0. The Hall–Kier alpha value is -3.72. The van der Waals surface area contributed by atoms with E-state index in [0.717, 1.165) is 4.68 Å². The number of halogens is 1. The number of nitrogens with one attached hydrogen (secondary N) is 1. The van der Waals surface area contributed by atoms with Crippen LogP contribution in [0.15, 0.2) is 52.3 Å². The second-order valence-corrected chi connectivity index (χ2v) is 8.36. The van der Waals surface area contributed by atoms with Crippen LogP contribution in [0.4, 0.5) is 0 Å². The summed E-state index contributed by atoms with van der Waals surface area (Å²) in [6, 6.07) is 8.15. The lowest BCUT2D eigenvalue weighted by atomic mass is 10.1. The number of benzene rings is 1. The maximum atomic E-state index is 12.8. The summed E-state index contributed by atoms with van der Waals surface area (Å²) in [6.45, 7) is -0.0880. The van der Waals surface area contributed by atoms with Gasteiger partial charge in [0.05, 0.1) is 11.8 Å². The van der Waals surface area contributed by atoms with Crippen molar-refractivity contribution >= 4 is 43.5 Å². The highest BCUT2D eigenvalue weighted by Gasteiger charge is 2.16. The van der Waals surface area contributed by atoms with Gasteiger partial charge in [-0.05, 0) is 30.3 Å². The number of fused-ring (bicyclic) bond motifs is 2. The molecule has 0 spiro atoms. The fraction of sp³-hybridized carbons (Fsp3) is 0.100. The van der Waals surface area contributed by atoms with Gasteiger partial charge in [0.2, 0.25) is 5.43 Å². The Morgan fingerprint density at radius 3 is 2.62 bits per heavy atom. The summed E-state index contributed by atoms with van der Waals surface area (Å²) >= 11 is 5.94. The molecule has 0 atom stereocenters. The van der Waals surface area contributed by atoms with Gasteiger partial charge in [-0.3, -0.25) is 19.1 Å². The minimum atomic E-state index is -3.67. The van der Waals surface area contributed by atoms with Crippen LogP contribution in [0.2, 0.25) is 5.02 Å². The zero-order valence-corrected chi connectivity index (χ0v) is 18.0. The number of H-pyrrole nitrogens is 1. The lowest BCUT2D eigenvalue weighted by molar-refractivity contribution is 0.433. The summed E-state index contributed by atoms with van der Waals surface area (Å²) in [5, 5.41) is 14.6. The Labute approximate surface area is 185 Å². The first kappa shape index (κ1) is 23.0. The summed E-state index contributed by atoms with van der Waals surface area (Å²) in [7, 11) is -3.67. The molecular weight excluding hydrogens is 460 g/mol. The van der Waals surface area contributed by atoms with E-state index in [9.17, 15) is 23.1 Å². The predicted molar refractivity (Wildman–Crippen MR) is 119 cm³/mol. The van der Waals surface area contributed by atoms with Crippen molar-refractivity contribution in [2.24, 2.45) is 0 Å². The van der Waals surface area contributed by atoms with Gasteiger partial charge in [-0.2, -0.15) is 8.42 Å². The van der Waals surface area contributed by atoms with Gasteiger partial charge in [0.1, 0.15) is 17.4 Å². The Morgan fingerprint density at radius 1 is 1.25 bits per heavy atom. The van der Waals surface area contributed by atoms with E-state index >= 15 is 0 Å². The van der Waals surface area contributed by atoms with Gasteiger partial charge in [-0.25, -0.2) is 4.68 Å². The number of hydrogen-bond acceptors (Lipinski definition) is 7. The van der Waals surface area contributed by atoms with Crippen molar-refractivity contribution in [3.8, 4) is 17.7 Å². The number of aromatic amines is 1. The topological polar surface area (TPSA) is 155 Å². The zero-order chi connectivity index (χ0) is 23.5. The summed E-state index contributed by atoms with van der Waals surface area (Å²) in [5.41, 5.74) is -0.0911. The van der Waals surface area contributed by atoms with Crippen LogP contribution in [0.5, 0.6) is 5.88 Å². The lowest BCUT2D eigenvalue weighted by Crippen LogP contribution is -2.27. The molecule has 4 aromatic rings. The van der Waals surface area contributed by atoms with Crippen molar-refractivity contribution in [1.29, 1.82) is 0 Å². The quantitative estimate of drug-likeness (QED) is 0.213. The third-order valence-corrected chi connectivity index (χ3v) is 4.21. The number of rotatable bonds is 1. The van der Waals surface area contributed by atoms with E-state index in [2.05, 4.69) is 26.9 Å². The van der Waals surface area contributed by atoms with Crippen molar-refractivity contribution < 1.29 is 18.1 Å². The molecule has 10 nitrogen and oxygen atoms in total. The Bertz CT molecular complexity index is 1590. The Morgan fingerprint density at radius 2 is 1.97 bits per heavy atom. The third kappa shape index (κ3) is 5.50. The molecule has 3 heterocycles. The normalized spacial score (nSPS) is 10.8. The van der Waals surface area contributed by atoms with E-state index in [1.54, 1.807) is 36.7 Å². The van der Waals surface area contributed by atoms with Crippen LogP contribution in [0, 0.1) is 11.8 Å². The molecule has 12 heteroatoms. The highest BCUT2D eigenvalue weighted by molar-refractivity contribution is 7.85. The summed E-state index contributed by atoms with van der Waals surface area (Å²) < 4.78 is 26.8. The van der Waals surface area contributed by atoms with Gasteiger partial charge in [0.25, 0.3) is 21.6 Å². The van der Waals surface area contributed by atoms with Crippen LogP contribution in [0.3, 0.4) is 0 Å². The molecule has 0 fully saturated rings. The molecule has 1 aromatic carbocycles. The molecule has 0 bridgehead atoms. The van der Waals surface area contributed by atoms with Crippen molar-refractivity contribution in [2.45, 2.75) is 6.54 Å². The molecule has 0 aliphatic heterocycles. The van der Waals surface area contributed by atoms with E-state index in [-0.39, 0.29) is 17.4 Å². The number of aromatic hydroxyl groups is 1. The fourth-order valence-corrected chi connectivity index (χ4v) is 2.91. The maximum Gasteiger partial charge on any atom is 0.281 e. The van der Waals surface area contributed by atoms with Gasteiger partial charge in [-0.15, -0.1) is 5.10 Å². The molecular formula is C20H15ClN4O6S. The Balaban J connectivity index is 0.000000523. The summed E-state index contributed by atoms with van der Waals surface area (Å²) in [5.74, 6) is 5.16. The molecule has 0 saturated heterocycles. The first-order valence-electron chi connectivity index (χ1n) is 8.81.